The third-order valence-corrected chi connectivity index (χ3v) is 7.56. The summed E-state index contributed by atoms with van der Waals surface area (Å²) in [6.45, 7) is 12.4. The third-order valence-electron chi connectivity index (χ3n) is 6.42. The molecule has 0 aliphatic rings. The van der Waals surface area contributed by atoms with Crippen LogP contribution in [0.3, 0.4) is 0 Å². The second-order valence-electron chi connectivity index (χ2n) is 9.22. The molecule has 3 aromatic rings. The Morgan fingerprint density at radius 3 is 2.00 bits per heavy atom. The summed E-state index contributed by atoms with van der Waals surface area (Å²) < 4.78 is 26.4. The van der Waals surface area contributed by atoms with Crippen LogP contribution in [0.5, 0.6) is 0 Å². The van der Waals surface area contributed by atoms with Crippen molar-refractivity contribution >= 4 is 21.6 Å². The van der Waals surface area contributed by atoms with E-state index in [2.05, 4.69) is 38.2 Å². The van der Waals surface area contributed by atoms with Gasteiger partial charge in [0.2, 0.25) is 10.0 Å². The standard InChI is InChI=1S/C28H34N2O3S/c1-18-8-13-26(15-20(18)3)30(34(7,32)33)17-24-9-11-25(12-10-24)28(31)29-23(6)27-16-21(4)19(2)14-22(27)5/h8-16,23H,17H2,1-7H3,(H,29,31). The van der Waals surface area contributed by atoms with Crippen molar-refractivity contribution in [3.63, 3.8) is 0 Å². The van der Waals surface area contributed by atoms with Crippen molar-refractivity contribution in [3.8, 4) is 0 Å². The molecule has 3 aromatic carbocycles. The van der Waals surface area contributed by atoms with E-state index in [4.69, 9.17) is 0 Å². The van der Waals surface area contributed by atoms with Crippen LogP contribution in [-0.2, 0) is 16.6 Å². The Morgan fingerprint density at radius 2 is 1.41 bits per heavy atom. The monoisotopic (exact) mass is 478 g/mol. The normalized spacial score (nSPS) is 12.3. The van der Waals surface area contributed by atoms with Gasteiger partial charge in [-0.2, -0.15) is 0 Å². The summed E-state index contributed by atoms with van der Waals surface area (Å²) in [5, 5.41) is 3.08. The Morgan fingerprint density at radius 1 is 0.824 bits per heavy atom. The largest absolute Gasteiger partial charge is 0.346 e. The fourth-order valence-corrected chi connectivity index (χ4v) is 4.90. The molecule has 1 atom stereocenters. The van der Waals surface area contributed by atoms with Crippen LogP contribution in [0.15, 0.2) is 54.6 Å². The molecule has 1 N–H and O–H groups in total. The first kappa shape index (κ1) is 25.5. The van der Waals surface area contributed by atoms with E-state index in [1.807, 2.05) is 39.0 Å². The van der Waals surface area contributed by atoms with Crippen molar-refractivity contribution in [2.24, 2.45) is 0 Å². The molecule has 0 saturated carbocycles. The number of sulfonamides is 1. The van der Waals surface area contributed by atoms with E-state index < -0.39 is 10.0 Å². The van der Waals surface area contributed by atoms with Gasteiger partial charge < -0.3 is 5.32 Å². The lowest BCUT2D eigenvalue weighted by atomic mass is 9.96. The van der Waals surface area contributed by atoms with Gasteiger partial charge in [0.25, 0.3) is 5.91 Å². The first-order valence-corrected chi connectivity index (χ1v) is 13.2. The van der Waals surface area contributed by atoms with Gasteiger partial charge in [-0.3, -0.25) is 9.10 Å². The van der Waals surface area contributed by atoms with Crippen LogP contribution < -0.4 is 9.62 Å². The van der Waals surface area contributed by atoms with Crippen molar-refractivity contribution in [3.05, 3.63) is 99.1 Å². The summed E-state index contributed by atoms with van der Waals surface area (Å²) in [6, 6.07) is 16.9. The number of nitrogens with one attached hydrogen (secondary N) is 1. The maximum Gasteiger partial charge on any atom is 0.251 e. The zero-order valence-corrected chi connectivity index (χ0v) is 21.9. The Kier molecular flexibility index (Phi) is 7.51. The molecule has 0 aliphatic heterocycles. The fraction of sp³-hybridized carbons (Fsp3) is 0.321. The van der Waals surface area contributed by atoms with Crippen LogP contribution in [0.1, 0.15) is 62.3 Å². The highest BCUT2D eigenvalue weighted by molar-refractivity contribution is 7.92. The van der Waals surface area contributed by atoms with Gasteiger partial charge in [0.05, 0.1) is 24.5 Å². The first-order valence-electron chi connectivity index (χ1n) is 11.4. The number of hydrogen-bond donors (Lipinski definition) is 1. The molecule has 0 spiro atoms. The Balaban J connectivity index is 1.76. The summed E-state index contributed by atoms with van der Waals surface area (Å²) in [6.07, 6.45) is 1.21. The molecule has 0 fully saturated rings. The average Bonchev–Trinajstić information content (AvgIpc) is 2.76. The molecule has 5 nitrogen and oxygen atoms in total. The fourth-order valence-electron chi connectivity index (χ4n) is 4.02. The van der Waals surface area contributed by atoms with Gasteiger partial charge in [0.15, 0.2) is 0 Å². The van der Waals surface area contributed by atoms with E-state index in [-0.39, 0.29) is 18.5 Å². The highest BCUT2D eigenvalue weighted by Gasteiger charge is 2.19. The van der Waals surface area contributed by atoms with E-state index in [0.29, 0.717) is 11.3 Å². The Hall–Kier alpha value is -3.12. The lowest BCUT2D eigenvalue weighted by Gasteiger charge is -2.23. The van der Waals surface area contributed by atoms with Gasteiger partial charge in [0, 0.05) is 5.56 Å². The molecule has 6 heteroatoms. The van der Waals surface area contributed by atoms with E-state index in [1.165, 1.54) is 21.7 Å². The summed E-state index contributed by atoms with van der Waals surface area (Å²) >= 11 is 0. The summed E-state index contributed by atoms with van der Waals surface area (Å²) in [4.78, 5) is 12.9. The van der Waals surface area contributed by atoms with E-state index in [1.54, 1.807) is 24.3 Å². The maximum absolute atomic E-state index is 12.9. The van der Waals surface area contributed by atoms with Crippen LogP contribution in [0, 0.1) is 34.6 Å². The second kappa shape index (κ2) is 10.0. The van der Waals surface area contributed by atoms with Crippen molar-refractivity contribution < 1.29 is 13.2 Å². The number of carbonyl (C=O) groups excluding carboxylic acids is 1. The van der Waals surface area contributed by atoms with Crippen LogP contribution in [-0.4, -0.2) is 20.6 Å². The molecule has 1 amide bonds. The van der Waals surface area contributed by atoms with Gasteiger partial charge in [-0.15, -0.1) is 0 Å². The van der Waals surface area contributed by atoms with Crippen molar-refractivity contribution in [2.45, 2.75) is 54.1 Å². The molecule has 1 unspecified atom stereocenters. The number of nitrogens with zero attached hydrogens (tertiary/aromatic N) is 1. The summed E-state index contributed by atoms with van der Waals surface area (Å²) in [5.41, 5.74) is 8.80. The SMILES string of the molecule is Cc1ccc(N(Cc2ccc(C(=O)NC(C)c3cc(C)c(C)cc3C)cc2)S(C)(=O)=O)cc1C. The number of benzene rings is 3. The molecule has 0 heterocycles. The van der Waals surface area contributed by atoms with E-state index in [9.17, 15) is 13.2 Å². The molecular formula is C28H34N2O3S. The minimum atomic E-state index is -3.48. The summed E-state index contributed by atoms with van der Waals surface area (Å²) in [7, 11) is -3.48. The molecule has 34 heavy (non-hydrogen) atoms. The number of carbonyl (C=O) groups is 1. The number of anilines is 1. The van der Waals surface area contributed by atoms with Gasteiger partial charge >= 0.3 is 0 Å². The number of aryl methyl sites for hydroxylation is 5. The first-order chi connectivity index (χ1) is 15.9. The van der Waals surface area contributed by atoms with Crippen LogP contribution >= 0.6 is 0 Å². The van der Waals surface area contributed by atoms with Crippen molar-refractivity contribution in [2.75, 3.05) is 10.6 Å². The number of amides is 1. The smallest absolute Gasteiger partial charge is 0.251 e. The molecule has 0 radical (unpaired) electrons. The van der Waals surface area contributed by atoms with Gasteiger partial charge in [-0.05, 0) is 105 Å². The molecule has 3 rings (SSSR count). The third kappa shape index (κ3) is 5.86. The lowest BCUT2D eigenvalue weighted by Crippen LogP contribution is -2.29. The molecule has 0 aliphatic carbocycles. The van der Waals surface area contributed by atoms with Gasteiger partial charge in [0.1, 0.15) is 0 Å². The molecule has 0 saturated heterocycles. The predicted octanol–water partition coefficient (Wildman–Crippen LogP) is 5.69. The zero-order chi connectivity index (χ0) is 25.2. The second-order valence-corrected chi connectivity index (χ2v) is 11.1. The van der Waals surface area contributed by atoms with Crippen LogP contribution in [0.2, 0.25) is 0 Å². The topological polar surface area (TPSA) is 66.5 Å². The van der Waals surface area contributed by atoms with Crippen molar-refractivity contribution in [1.29, 1.82) is 0 Å². The number of rotatable bonds is 7. The number of hydrogen-bond acceptors (Lipinski definition) is 3. The van der Waals surface area contributed by atoms with Crippen LogP contribution in [0.25, 0.3) is 0 Å². The van der Waals surface area contributed by atoms with E-state index >= 15 is 0 Å². The summed E-state index contributed by atoms with van der Waals surface area (Å²) in [5.74, 6) is -0.161. The molecular weight excluding hydrogens is 444 g/mol. The highest BCUT2D eigenvalue weighted by atomic mass is 32.2. The quantitative estimate of drug-likeness (QED) is 0.475. The maximum atomic E-state index is 12.9. The Labute approximate surface area is 203 Å². The van der Waals surface area contributed by atoms with Gasteiger partial charge in [-0.25, -0.2) is 8.42 Å². The molecule has 0 aromatic heterocycles. The van der Waals surface area contributed by atoms with Crippen molar-refractivity contribution in [1.82, 2.24) is 5.32 Å². The minimum absolute atomic E-state index is 0.128. The molecule has 180 valence electrons. The van der Waals surface area contributed by atoms with E-state index in [0.717, 1.165) is 27.8 Å². The lowest BCUT2D eigenvalue weighted by molar-refractivity contribution is 0.0939. The average molecular weight is 479 g/mol. The molecule has 0 bridgehead atoms. The zero-order valence-electron chi connectivity index (χ0n) is 21.1. The Bertz CT molecular complexity index is 1310. The highest BCUT2D eigenvalue weighted by Crippen LogP contribution is 2.24. The minimum Gasteiger partial charge on any atom is -0.346 e. The van der Waals surface area contributed by atoms with Crippen LogP contribution in [0.4, 0.5) is 5.69 Å². The van der Waals surface area contributed by atoms with Gasteiger partial charge in [-0.1, -0.05) is 30.3 Å². The predicted molar refractivity (Wildman–Crippen MR) is 140 cm³/mol.